The number of aliphatic imine (C=N–C) groups is 1. The zero-order valence-corrected chi connectivity index (χ0v) is 16.1. The lowest BCUT2D eigenvalue weighted by Crippen LogP contribution is -2.13. The van der Waals surface area contributed by atoms with Crippen molar-refractivity contribution in [2.24, 2.45) is 4.99 Å². The number of benzene rings is 2. The fourth-order valence-electron chi connectivity index (χ4n) is 3.13. The lowest BCUT2D eigenvalue weighted by Gasteiger charge is -2.12. The van der Waals surface area contributed by atoms with Crippen molar-refractivity contribution in [1.82, 2.24) is 9.78 Å². The minimum Gasteiger partial charge on any atom is -0.458 e. The highest BCUT2D eigenvalue weighted by Gasteiger charge is 2.24. The Labute approximate surface area is 166 Å². The monoisotopic (exact) mass is 397 g/mol. The average Bonchev–Trinajstić information content (AvgIpc) is 3.01. The minimum absolute atomic E-state index is 0.203. The minimum atomic E-state index is -0.496. The van der Waals surface area contributed by atoms with Crippen LogP contribution in [-0.2, 0) is 11.3 Å². The molecule has 0 fully saturated rings. The van der Waals surface area contributed by atoms with E-state index in [-0.39, 0.29) is 24.2 Å². The zero-order chi connectivity index (χ0) is 19.8. The Kier molecular flexibility index (Phi) is 4.73. The fourth-order valence-corrected chi connectivity index (χ4v) is 3.30. The first-order valence-electron chi connectivity index (χ1n) is 8.83. The van der Waals surface area contributed by atoms with E-state index in [0.29, 0.717) is 33.2 Å². The Morgan fingerprint density at radius 2 is 1.96 bits per heavy atom. The van der Waals surface area contributed by atoms with E-state index in [4.69, 9.17) is 16.3 Å². The van der Waals surface area contributed by atoms with Crippen LogP contribution in [0.4, 0.5) is 4.39 Å². The maximum atomic E-state index is 14.5. The summed E-state index contributed by atoms with van der Waals surface area (Å²) in [7, 11) is 0. The maximum Gasteiger partial charge on any atom is 0.359 e. The molecule has 0 amide bonds. The molecule has 5 nitrogen and oxygen atoms in total. The summed E-state index contributed by atoms with van der Waals surface area (Å²) in [6, 6.07) is 13.3. The molecule has 0 atom stereocenters. The van der Waals surface area contributed by atoms with Gasteiger partial charge in [0, 0.05) is 16.1 Å². The Morgan fingerprint density at radius 3 is 2.71 bits per heavy atom. The summed E-state index contributed by atoms with van der Waals surface area (Å²) >= 11 is 6.21. The number of fused-ring (bicyclic) bond motifs is 3. The first-order valence-corrected chi connectivity index (χ1v) is 9.21. The van der Waals surface area contributed by atoms with Crippen molar-refractivity contribution in [2.75, 3.05) is 0 Å². The van der Waals surface area contributed by atoms with Crippen LogP contribution in [-0.4, -0.2) is 27.6 Å². The molecule has 1 aliphatic heterocycles. The largest absolute Gasteiger partial charge is 0.458 e. The second kappa shape index (κ2) is 7.20. The van der Waals surface area contributed by atoms with Gasteiger partial charge in [0.25, 0.3) is 0 Å². The van der Waals surface area contributed by atoms with Crippen LogP contribution < -0.4 is 0 Å². The van der Waals surface area contributed by atoms with Gasteiger partial charge in [-0.15, -0.1) is 0 Å². The summed E-state index contributed by atoms with van der Waals surface area (Å²) in [5, 5.41) is 4.92. The topological polar surface area (TPSA) is 56.5 Å². The number of carbonyl (C=O) groups excluding carboxylic acids is 1. The Hall–Kier alpha value is -2.99. The van der Waals surface area contributed by atoms with Crippen molar-refractivity contribution in [3.8, 4) is 5.69 Å². The molecule has 2 aromatic carbocycles. The summed E-state index contributed by atoms with van der Waals surface area (Å²) in [6.07, 6.45) is -0.245. The van der Waals surface area contributed by atoms with Gasteiger partial charge >= 0.3 is 5.97 Å². The number of rotatable bonds is 3. The number of aromatic nitrogens is 2. The molecule has 0 saturated heterocycles. The van der Waals surface area contributed by atoms with Crippen LogP contribution in [0.5, 0.6) is 0 Å². The molecule has 0 bridgehead atoms. The van der Waals surface area contributed by atoms with Crippen molar-refractivity contribution < 1.29 is 13.9 Å². The summed E-state index contributed by atoms with van der Waals surface area (Å²) in [5.41, 5.74) is 3.09. The highest BCUT2D eigenvalue weighted by Crippen LogP contribution is 2.28. The van der Waals surface area contributed by atoms with E-state index in [2.05, 4.69) is 10.1 Å². The van der Waals surface area contributed by atoms with Crippen molar-refractivity contribution in [3.05, 3.63) is 81.9 Å². The van der Waals surface area contributed by atoms with Gasteiger partial charge in [0.2, 0.25) is 0 Å². The van der Waals surface area contributed by atoms with E-state index in [1.54, 1.807) is 61.0 Å². The molecular weight excluding hydrogens is 381 g/mol. The van der Waals surface area contributed by atoms with Crippen molar-refractivity contribution in [3.63, 3.8) is 0 Å². The first-order chi connectivity index (χ1) is 13.4. The van der Waals surface area contributed by atoms with Crippen LogP contribution in [0.1, 0.15) is 41.2 Å². The SMILES string of the molecule is CC(C)OC(=O)c1cc2n(n1)-c1ccc(Cl)cc1C(c1ccccc1F)=NC2. The van der Waals surface area contributed by atoms with E-state index in [0.717, 1.165) is 0 Å². The highest BCUT2D eigenvalue weighted by atomic mass is 35.5. The number of carbonyl (C=O) groups is 1. The normalized spacial score (nSPS) is 12.8. The van der Waals surface area contributed by atoms with Gasteiger partial charge in [0.1, 0.15) is 5.82 Å². The number of ether oxygens (including phenoxy) is 1. The van der Waals surface area contributed by atoms with Gasteiger partial charge < -0.3 is 4.74 Å². The third kappa shape index (κ3) is 3.31. The Bertz CT molecular complexity index is 1100. The molecule has 0 saturated carbocycles. The van der Waals surface area contributed by atoms with Crippen molar-refractivity contribution >= 4 is 23.3 Å². The molecule has 1 aromatic heterocycles. The van der Waals surface area contributed by atoms with Crippen molar-refractivity contribution in [1.29, 1.82) is 0 Å². The molecule has 0 N–H and O–H groups in total. The second-order valence-corrected chi connectivity index (χ2v) is 7.13. The first kappa shape index (κ1) is 18.4. The molecule has 28 heavy (non-hydrogen) atoms. The summed E-state index contributed by atoms with van der Waals surface area (Å²) in [5.74, 6) is -0.864. The highest BCUT2D eigenvalue weighted by molar-refractivity contribution is 6.31. The van der Waals surface area contributed by atoms with Gasteiger partial charge in [-0.3, -0.25) is 4.99 Å². The smallest absolute Gasteiger partial charge is 0.359 e. The molecule has 142 valence electrons. The van der Waals surface area contributed by atoms with E-state index < -0.39 is 5.97 Å². The lowest BCUT2D eigenvalue weighted by atomic mass is 10.00. The summed E-state index contributed by atoms with van der Waals surface area (Å²) < 4.78 is 21.3. The number of esters is 1. The van der Waals surface area contributed by atoms with Gasteiger partial charge in [0.05, 0.1) is 29.7 Å². The maximum absolute atomic E-state index is 14.5. The molecule has 0 spiro atoms. The van der Waals surface area contributed by atoms with Crippen LogP contribution in [0.3, 0.4) is 0 Å². The molecule has 0 aliphatic carbocycles. The van der Waals surface area contributed by atoms with Gasteiger partial charge in [-0.2, -0.15) is 5.10 Å². The Balaban J connectivity index is 1.87. The lowest BCUT2D eigenvalue weighted by molar-refractivity contribution is 0.0370. The standard InChI is InChI=1S/C21H17ClFN3O2/c1-12(2)28-21(27)18-10-14-11-24-20(15-5-3-4-6-17(15)23)16-9-13(22)7-8-19(16)26(14)25-18/h3-10,12H,11H2,1-2H3. The number of hydrogen-bond donors (Lipinski definition) is 0. The van der Waals surface area contributed by atoms with Crippen LogP contribution >= 0.6 is 11.6 Å². The fraction of sp³-hybridized carbons (Fsp3) is 0.190. The van der Waals surface area contributed by atoms with Gasteiger partial charge in [-0.05, 0) is 50.2 Å². The van der Waals surface area contributed by atoms with E-state index >= 15 is 0 Å². The predicted molar refractivity (Wildman–Crippen MR) is 105 cm³/mol. The quantitative estimate of drug-likeness (QED) is 0.608. The van der Waals surface area contributed by atoms with Crippen LogP contribution in [0.15, 0.2) is 53.5 Å². The Morgan fingerprint density at radius 1 is 1.18 bits per heavy atom. The van der Waals surface area contributed by atoms with E-state index in [1.165, 1.54) is 6.07 Å². The zero-order valence-electron chi connectivity index (χ0n) is 15.3. The molecule has 0 unspecified atom stereocenters. The predicted octanol–water partition coefficient (Wildman–Crippen LogP) is 4.58. The molecule has 2 heterocycles. The molecule has 7 heteroatoms. The third-order valence-electron chi connectivity index (χ3n) is 4.31. The molecule has 4 rings (SSSR count). The van der Waals surface area contributed by atoms with E-state index in [1.807, 2.05) is 0 Å². The van der Waals surface area contributed by atoms with Gasteiger partial charge in [-0.1, -0.05) is 23.7 Å². The number of nitrogens with zero attached hydrogens (tertiary/aromatic N) is 3. The third-order valence-corrected chi connectivity index (χ3v) is 4.54. The van der Waals surface area contributed by atoms with Gasteiger partial charge in [-0.25, -0.2) is 13.9 Å². The van der Waals surface area contributed by atoms with Crippen LogP contribution in [0.25, 0.3) is 5.69 Å². The number of hydrogen-bond acceptors (Lipinski definition) is 4. The van der Waals surface area contributed by atoms with Crippen LogP contribution in [0, 0.1) is 5.82 Å². The van der Waals surface area contributed by atoms with Crippen LogP contribution in [0.2, 0.25) is 5.02 Å². The second-order valence-electron chi connectivity index (χ2n) is 6.69. The average molecular weight is 398 g/mol. The molecule has 0 radical (unpaired) electrons. The summed E-state index contributed by atoms with van der Waals surface area (Å²) in [6.45, 7) is 3.79. The molecule has 1 aliphatic rings. The molecular formula is C21H17ClFN3O2. The van der Waals surface area contributed by atoms with E-state index in [9.17, 15) is 9.18 Å². The van der Waals surface area contributed by atoms with Gasteiger partial charge in [0.15, 0.2) is 5.69 Å². The number of halogens is 2. The van der Waals surface area contributed by atoms with Crippen molar-refractivity contribution in [2.45, 2.75) is 26.5 Å². The molecule has 3 aromatic rings. The summed E-state index contributed by atoms with van der Waals surface area (Å²) in [4.78, 5) is 16.9.